The van der Waals surface area contributed by atoms with E-state index in [9.17, 15) is 4.79 Å². The lowest BCUT2D eigenvalue weighted by Gasteiger charge is -2.31. The van der Waals surface area contributed by atoms with Crippen LogP contribution in [-0.4, -0.2) is 39.0 Å². The highest BCUT2D eigenvalue weighted by Gasteiger charge is 2.25. The number of piperidine rings is 1. The number of anilines is 1. The van der Waals surface area contributed by atoms with Gasteiger partial charge in [-0.05, 0) is 50.5 Å². The lowest BCUT2D eigenvalue weighted by Crippen LogP contribution is -2.40. The van der Waals surface area contributed by atoms with E-state index in [4.69, 9.17) is 0 Å². The van der Waals surface area contributed by atoms with E-state index in [2.05, 4.69) is 25.5 Å². The molecule has 150 valence electrons. The predicted molar refractivity (Wildman–Crippen MR) is 112 cm³/mol. The van der Waals surface area contributed by atoms with Gasteiger partial charge < -0.3 is 10.2 Å². The lowest BCUT2D eigenvalue weighted by molar-refractivity contribution is -0.125. The van der Waals surface area contributed by atoms with Gasteiger partial charge in [-0.1, -0.05) is 30.3 Å². The van der Waals surface area contributed by atoms with Crippen molar-refractivity contribution in [1.29, 1.82) is 0 Å². The maximum atomic E-state index is 12.5. The van der Waals surface area contributed by atoms with Crippen molar-refractivity contribution in [3.05, 3.63) is 65.5 Å². The molecular weight excluding hydrogens is 364 g/mol. The minimum Gasteiger partial charge on any atom is -0.355 e. The highest BCUT2D eigenvalue weighted by atomic mass is 16.1. The fourth-order valence-corrected chi connectivity index (χ4v) is 3.76. The number of hydrogen-bond acceptors (Lipinski definition) is 5. The van der Waals surface area contributed by atoms with E-state index in [1.54, 1.807) is 4.68 Å². The Kier molecular flexibility index (Phi) is 5.55. The standard InChI is InChI=1S/C22H26N6O/c1-16-14-17(2)28(26-16)21-9-8-20(24-25-21)27-12-10-19(11-13-27)22(29)23-15-18-6-4-3-5-7-18/h3-9,14,19H,10-13,15H2,1-2H3,(H,23,29). The van der Waals surface area contributed by atoms with Crippen LogP contribution in [0, 0.1) is 19.8 Å². The zero-order valence-corrected chi connectivity index (χ0v) is 16.9. The number of aryl methyl sites for hydroxylation is 2. The predicted octanol–water partition coefficient (Wildman–Crippen LogP) is 2.81. The molecule has 0 bridgehead atoms. The van der Waals surface area contributed by atoms with Gasteiger partial charge >= 0.3 is 0 Å². The minimum atomic E-state index is 0.0527. The normalized spacial score (nSPS) is 14.8. The molecule has 7 nitrogen and oxygen atoms in total. The van der Waals surface area contributed by atoms with E-state index in [0.717, 1.165) is 54.5 Å². The fraction of sp³-hybridized carbons (Fsp3) is 0.364. The Morgan fingerprint density at radius 2 is 1.72 bits per heavy atom. The molecule has 0 spiro atoms. The number of aromatic nitrogens is 4. The molecule has 29 heavy (non-hydrogen) atoms. The number of nitrogens with one attached hydrogen (secondary N) is 1. The van der Waals surface area contributed by atoms with E-state index >= 15 is 0 Å². The number of nitrogens with zero attached hydrogens (tertiary/aromatic N) is 5. The molecule has 4 rings (SSSR count). The summed E-state index contributed by atoms with van der Waals surface area (Å²) in [6.07, 6.45) is 1.64. The van der Waals surface area contributed by atoms with E-state index in [1.807, 2.05) is 62.4 Å². The fourth-order valence-electron chi connectivity index (χ4n) is 3.76. The third kappa shape index (κ3) is 4.45. The van der Waals surface area contributed by atoms with Crippen molar-refractivity contribution >= 4 is 11.7 Å². The minimum absolute atomic E-state index is 0.0527. The average molecular weight is 390 g/mol. The molecule has 1 fully saturated rings. The van der Waals surface area contributed by atoms with E-state index in [-0.39, 0.29) is 11.8 Å². The van der Waals surface area contributed by atoms with E-state index < -0.39 is 0 Å². The van der Waals surface area contributed by atoms with Crippen molar-refractivity contribution in [3.63, 3.8) is 0 Å². The quantitative estimate of drug-likeness (QED) is 0.725. The third-order valence-corrected chi connectivity index (χ3v) is 5.36. The summed E-state index contributed by atoms with van der Waals surface area (Å²) in [7, 11) is 0. The van der Waals surface area contributed by atoms with Crippen LogP contribution in [-0.2, 0) is 11.3 Å². The number of rotatable bonds is 5. The largest absolute Gasteiger partial charge is 0.355 e. The molecule has 0 radical (unpaired) electrons. The smallest absolute Gasteiger partial charge is 0.223 e. The van der Waals surface area contributed by atoms with Gasteiger partial charge in [0.1, 0.15) is 0 Å². The second-order valence-electron chi connectivity index (χ2n) is 7.55. The Hall–Kier alpha value is -3.22. The van der Waals surface area contributed by atoms with Crippen LogP contribution in [0.15, 0.2) is 48.5 Å². The maximum absolute atomic E-state index is 12.5. The highest BCUT2D eigenvalue weighted by Crippen LogP contribution is 2.22. The van der Waals surface area contributed by atoms with Gasteiger partial charge in [0.25, 0.3) is 0 Å². The second-order valence-corrected chi connectivity index (χ2v) is 7.55. The molecule has 0 unspecified atom stereocenters. The van der Waals surface area contributed by atoms with Gasteiger partial charge in [-0.3, -0.25) is 4.79 Å². The molecule has 3 aromatic rings. The maximum Gasteiger partial charge on any atom is 0.223 e. The van der Waals surface area contributed by atoms with Gasteiger partial charge in [0.2, 0.25) is 5.91 Å². The van der Waals surface area contributed by atoms with Crippen molar-refractivity contribution in [1.82, 2.24) is 25.3 Å². The molecule has 1 aliphatic heterocycles. The monoisotopic (exact) mass is 390 g/mol. The van der Waals surface area contributed by atoms with Crippen molar-refractivity contribution in [2.45, 2.75) is 33.2 Å². The summed E-state index contributed by atoms with van der Waals surface area (Å²) in [5, 5.41) is 16.2. The summed E-state index contributed by atoms with van der Waals surface area (Å²) in [6, 6.07) is 15.9. The molecule has 7 heteroatoms. The summed E-state index contributed by atoms with van der Waals surface area (Å²) in [5.41, 5.74) is 3.11. The number of carbonyl (C=O) groups excluding carboxylic acids is 1. The van der Waals surface area contributed by atoms with Gasteiger partial charge in [0, 0.05) is 31.2 Å². The molecule has 0 saturated carbocycles. The summed E-state index contributed by atoms with van der Waals surface area (Å²) < 4.78 is 1.80. The molecule has 1 saturated heterocycles. The first kappa shape index (κ1) is 19.1. The van der Waals surface area contributed by atoms with Crippen LogP contribution in [0.5, 0.6) is 0 Å². The van der Waals surface area contributed by atoms with Crippen molar-refractivity contribution in [3.8, 4) is 5.82 Å². The van der Waals surface area contributed by atoms with Gasteiger partial charge in [0.05, 0.1) is 5.69 Å². The molecule has 1 N–H and O–H groups in total. The van der Waals surface area contributed by atoms with Gasteiger partial charge in [-0.25, -0.2) is 4.68 Å². The van der Waals surface area contributed by atoms with Gasteiger partial charge in [-0.15, -0.1) is 10.2 Å². The molecule has 3 heterocycles. The lowest BCUT2D eigenvalue weighted by atomic mass is 9.96. The van der Waals surface area contributed by atoms with Crippen molar-refractivity contribution in [2.24, 2.45) is 5.92 Å². The summed E-state index contributed by atoms with van der Waals surface area (Å²) in [5.74, 6) is 1.75. The number of hydrogen-bond donors (Lipinski definition) is 1. The van der Waals surface area contributed by atoms with Crippen LogP contribution in [0.1, 0.15) is 29.8 Å². The molecule has 1 aromatic carbocycles. The van der Waals surface area contributed by atoms with Crippen LogP contribution < -0.4 is 10.2 Å². The van der Waals surface area contributed by atoms with Crippen LogP contribution in [0.2, 0.25) is 0 Å². The Morgan fingerprint density at radius 3 is 2.34 bits per heavy atom. The van der Waals surface area contributed by atoms with Gasteiger partial charge in [-0.2, -0.15) is 5.10 Å². The SMILES string of the molecule is Cc1cc(C)n(-c2ccc(N3CCC(C(=O)NCc4ccccc4)CC3)nn2)n1. The van der Waals surface area contributed by atoms with E-state index in [1.165, 1.54) is 0 Å². The summed E-state index contributed by atoms with van der Waals surface area (Å²) in [6.45, 7) is 6.16. The average Bonchev–Trinajstić information content (AvgIpc) is 3.11. The molecule has 2 aromatic heterocycles. The summed E-state index contributed by atoms with van der Waals surface area (Å²) in [4.78, 5) is 14.7. The zero-order valence-electron chi connectivity index (χ0n) is 16.9. The second kappa shape index (κ2) is 8.43. The molecule has 1 amide bonds. The third-order valence-electron chi connectivity index (χ3n) is 5.36. The van der Waals surface area contributed by atoms with Crippen LogP contribution in [0.25, 0.3) is 5.82 Å². The topological polar surface area (TPSA) is 75.9 Å². The number of carbonyl (C=O) groups is 1. The first-order valence-electron chi connectivity index (χ1n) is 10.0. The number of benzene rings is 1. The molecule has 0 aliphatic carbocycles. The van der Waals surface area contributed by atoms with Crippen molar-refractivity contribution in [2.75, 3.05) is 18.0 Å². The number of amides is 1. The van der Waals surface area contributed by atoms with Crippen LogP contribution in [0.4, 0.5) is 5.82 Å². The Labute approximate surface area is 170 Å². The Morgan fingerprint density at radius 1 is 1.03 bits per heavy atom. The molecular formula is C22H26N6O. The zero-order chi connectivity index (χ0) is 20.2. The first-order chi connectivity index (χ1) is 14.1. The first-order valence-corrected chi connectivity index (χ1v) is 10.0. The van der Waals surface area contributed by atoms with E-state index in [0.29, 0.717) is 6.54 Å². The van der Waals surface area contributed by atoms with Crippen LogP contribution in [0.3, 0.4) is 0 Å². The Bertz CT molecular complexity index is 959. The Balaban J connectivity index is 1.31. The van der Waals surface area contributed by atoms with Crippen LogP contribution >= 0.6 is 0 Å². The van der Waals surface area contributed by atoms with Gasteiger partial charge in [0.15, 0.2) is 11.6 Å². The molecule has 0 atom stereocenters. The summed E-state index contributed by atoms with van der Waals surface area (Å²) >= 11 is 0. The van der Waals surface area contributed by atoms with Crippen molar-refractivity contribution < 1.29 is 4.79 Å². The molecule has 1 aliphatic rings. The highest BCUT2D eigenvalue weighted by molar-refractivity contribution is 5.79.